The Morgan fingerprint density at radius 3 is 2.56 bits per heavy atom. The van der Waals surface area contributed by atoms with Crippen LogP contribution in [0.3, 0.4) is 0 Å². The van der Waals surface area contributed by atoms with Crippen molar-refractivity contribution >= 4 is 27.3 Å². The maximum absolute atomic E-state index is 13.0. The minimum Gasteiger partial charge on any atom is -0.406 e. The van der Waals surface area contributed by atoms with Gasteiger partial charge >= 0.3 is 6.36 Å². The highest BCUT2D eigenvalue weighted by molar-refractivity contribution is 7.89. The van der Waals surface area contributed by atoms with Crippen molar-refractivity contribution in [3.05, 3.63) is 59.3 Å². The molecule has 11 heteroatoms. The Kier molecular flexibility index (Phi) is 7.63. The average Bonchev–Trinajstić information content (AvgIpc) is 3.25. The molecule has 0 N–H and O–H groups in total. The number of hydrogen-bond donors (Lipinski definition) is 0. The summed E-state index contributed by atoms with van der Waals surface area (Å²) in [7, 11) is -4.01. The molecule has 1 fully saturated rings. The van der Waals surface area contributed by atoms with E-state index in [1.54, 1.807) is 22.3 Å². The van der Waals surface area contributed by atoms with Crippen LogP contribution in [-0.4, -0.2) is 49.5 Å². The molecule has 0 radical (unpaired) electrons. The molecular weight excluding hydrogens is 465 g/mol. The number of amides is 1. The fourth-order valence-corrected chi connectivity index (χ4v) is 5.79. The summed E-state index contributed by atoms with van der Waals surface area (Å²) >= 11 is 1.55. The second-order valence-electron chi connectivity index (χ2n) is 7.29. The average molecular weight is 489 g/mol. The molecule has 1 aromatic carbocycles. The maximum atomic E-state index is 13.0. The third-order valence-electron chi connectivity index (χ3n) is 5.07. The van der Waals surface area contributed by atoms with Crippen molar-refractivity contribution in [1.82, 2.24) is 9.21 Å². The van der Waals surface area contributed by atoms with E-state index in [2.05, 4.69) is 11.3 Å². The number of carbonyl (C=O) groups excluding carboxylic acids is 1. The van der Waals surface area contributed by atoms with Crippen LogP contribution in [0.5, 0.6) is 5.75 Å². The van der Waals surface area contributed by atoms with E-state index in [1.807, 2.05) is 17.5 Å². The van der Waals surface area contributed by atoms with E-state index in [4.69, 9.17) is 0 Å². The minimum atomic E-state index is -4.92. The Labute approximate surface area is 188 Å². The highest BCUT2D eigenvalue weighted by atomic mass is 32.2. The van der Waals surface area contributed by atoms with Gasteiger partial charge < -0.3 is 9.64 Å². The number of carbonyl (C=O) groups is 1. The van der Waals surface area contributed by atoms with Gasteiger partial charge in [0.15, 0.2) is 0 Å². The molecule has 1 aliphatic rings. The van der Waals surface area contributed by atoms with Crippen LogP contribution in [0.15, 0.2) is 59.3 Å². The molecule has 1 saturated heterocycles. The fraction of sp³-hybridized carbons (Fsp3) is 0.381. The molecule has 0 spiro atoms. The predicted molar refractivity (Wildman–Crippen MR) is 115 cm³/mol. The lowest BCUT2D eigenvalue weighted by molar-refractivity contribution is -0.274. The van der Waals surface area contributed by atoms with Crippen LogP contribution in [-0.2, 0) is 21.4 Å². The van der Waals surface area contributed by atoms with Gasteiger partial charge in [-0.3, -0.25) is 4.79 Å². The molecule has 6 nitrogen and oxygen atoms in total. The van der Waals surface area contributed by atoms with Crippen molar-refractivity contribution in [1.29, 1.82) is 0 Å². The van der Waals surface area contributed by atoms with E-state index < -0.39 is 22.1 Å². The molecule has 3 rings (SSSR count). The molecule has 0 unspecified atom stereocenters. The van der Waals surface area contributed by atoms with Gasteiger partial charge in [-0.1, -0.05) is 18.2 Å². The third-order valence-corrected chi connectivity index (χ3v) is 7.82. The van der Waals surface area contributed by atoms with E-state index in [1.165, 1.54) is 16.4 Å². The van der Waals surface area contributed by atoms with Gasteiger partial charge in [-0.2, -0.15) is 4.31 Å². The van der Waals surface area contributed by atoms with E-state index in [0.29, 0.717) is 25.9 Å². The zero-order valence-electron chi connectivity index (χ0n) is 17.1. The van der Waals surface area contributed by atoms with Crippen molar-refractivity contribution in [2.24, 2.45) is 5.92 Å². The zero-order chi connectivity index (χ0) is 23.4. The molecule has 1 amide bonds. The Balaban J connectivity index is 1.66. The topological polar surface area (TPSA) is 66.9 Å². The van der Waals surface area contributed by atoms with Crippen molar-refractivity contribution < 1.29 is 31.1 Å². The van der Waals surface area contributed by atoms with Crippen molar-refractivity contribution in [3.8, 4) is 5.75 Å². The van der Waals surface area contributed by atoms with Crippen LogP contribution in [0.4, 0.5) is 13.2 Å². The largest absolute Gasteiger partial charge is 0.573 e. The first-order valence-corrected chi connectivity index (χ1v) is 12.2. The molecule has 0 atom stereocenters. The van der Waals surface area contributed by atoms with Crippen LogP contribution < -0.4 is 4.74 Å². The quantitative estimate of drug-likeness (QED) is 0.521. The molecule has 1 aromatic heterocycles. The SMILES string of the molecule is C=CCN(Cc1cccs1)C(=O)C1CCN(S(=O)(=O)c2cccc(OC(F)(F)F)c2)CC1. The molecular formula is C21H23F3N2O4S2. The van der Waals surface area contributed by atoms with Crippen LogP contribution in [0.25, 0.3) is 0 Å². The lowest BCUT2D eigenvalue weighted by Gasteiger charge is -2.33. The first kappa shape index (κ1) is 24.3. The van der Waals surface area contributed by atoms with Crippen LogP contribution in [0.1, 0.15) is 17.7 Å². The molecule has 0 bridgehead atoms. The van der Waals surface area contributed by atoms with Crippen LogP contribution >= 0.6 is 11.3 Å². The summed E-state index contributed by atoms with van der Waals surface area (Å²) < 4.78 is 68.2. The van der Waals surface area contributed by atoms with Gasteiger partial charge in [-0.05, 0) is 36.4 Å². The standard InChI is InChI=1S/C21H23F3N2O4S2/c1-2-10-25(15-18-6-4-13-31-18)20(27)16-8-11-26(12-9-16)32(28,29)19-7-3-5-17(14-19)30-21(22,23)24/h2-7,13-14,16H,1,8-12,15H2. The Morgan fingerprint density at radius 1 is 1.25 bits per heavy atom. The normalized spacial score (nSPS) is 16.0. The first-order valence-electron chi connectivity index (χ1n) is 9.88. The molecule has 174 valence electrons. The van der Waals surface area contributed by atoms with Gasteiger partial charge in [-0.25, -0.2) is 8.42 Å². The van der Waals surface area contributed by atoms with Crippen molar-refractivity contribution in [3.63, 3.8) is 0 Å². The Hall–Kier alpha value is -2.37. The molecule has 2 aromatic rings. The first-order chi connectivity index (χ1) is 15.1. The summed E-state index contributed by atoms with van der Waals surface area (Å²) in [6, 6.07) is 8.17. The van der Waals surface area contributed by atoms with E-state index >= 15 is 0 Å². The number of halogens is 3. The lowest BCUT2D eigenvalue weighted by Crippen LogP contribution is -2.44. The molecule has 1 aliphatic heterocycles. The number of sulfonamides is 1. The lowest BCUT2D eigenvalue weighted by atomic mass is 9.96. The Bertz CT molecular complexity index is 1030. The number of benzene rings is 1. The Morgan fingerprint density at radius 2 is 1.97 bits per heavy atom. The fourth-order valence-electron chi connectivity index (χ4n) is 3.56. The third kappa shape index (κ3) is 6.11. The summed E-state index contributed by atoms with van der Waals surface area (Å²) in [5, 5.41) is 1.93. The van der Waals surface area contributed by atoms with E-state index in [9.17, 15) is 26.4 Å². The van der Waals surface area contributed by atoms with Gasteiger partial charge in [-0.15, -0.1) is 31.1 Å². The van der Waals surface area contributed by atoms with E-state index in [-0.39, 0.29) is 29.8 Å². The number of rotatable bonds is 8. The van der Waals surface area contributed by atoms with Crippen molar-refractivity contribution in [2.45, 2.75) is 30.6 Å². The number of thiophene rings is 1. The number of nitrogens with zero attached hydrogens (tertiary/aromatic N) is 2. The minimum absolute atomic E-state index is 0.0593. The summed E-state index contributed by atoms with van der Waals surface area (Å²) in [6.07, 6.45) is -2.60. The van der Waals surface area contributed by atoms with Gasteiger partial charge in [0.1, 0.15) is 5.75 Å². The maximum Gasteiger partial charge on any atom is 0.573 e. The summed E-state index contributed by atoms with van der Waals surface area (Å²) in [6.45, 7) is 4.76. The predicted octanol–water partition coefficient (Wildman–Crippen LogP) is 4.26. The molecule has 0 saturated carbocycles. The van der Waals surface area contributed by atoms with Gasteiger partial charge in [0.05, 0.1) is 11.4 Å². The molecule has 32 heavy (non-hydrogen) atoms. The molecule has 0 aliphatic carbocycles. The highest BCUT2D eigenvalue weighted by Gasteiger charge is 2.35. The number of alkyl halides is 3. The van der Waals surface area contributed by atoms with Gasteiger partial charge in [0.25, 0.3) is 0 Å². The summed E-state index contributed by atoms with van der Waals surface area (Å²) in [5.74, 6) is -0.991. The summed E-state index contributed by atoms with van der Waals surface area (Å²) in [4.78, 5) is 15.5. The van der Waals surface area contributed by atoms with Gasteiger partial charge in [0.2, 0.25) is 15.9 Å². The van der Waals surface area contributed by atoms with Gasteiger partial charge in [0, 0.05) is 36.5 Å². The number of ether oxygens (including phenoxy) is 1. The second kappa shape index (κ2) is 10.1. The van der Waals surface area contributed by atoms with Crippen LogP contribution in [0.2, 0.25) is 0 Å². The summed E-state index contributed by atoms with van der Waals surface area (Å²) in [5.41, 5.74) is 0. The second-order valence-corrected chi connectivity index (χ2v) is 10.3. The highest BCUT2D eigenvalue weighted by Crippen LogP contribution is 2.29. The zero-order valence-corrected chi connectivity index (χ0v) is 18.8. The van der Waals surface area contributed by atoms with E-state index in [0.717, 1.165) is 17.0 Å². The van der Waals surface area contributed by atoms with Crippen LogP contribution in [0, 0.1) is 5.92 Å². The van der Waals surface area contributed by atoms with Crippen molar-refractivity contribution in [2.75, 3.05) is 19.6 Å². The monoisotopic (exact) mass is 488 g/mol. The number of piperidine rings is 1. The smallest absolute Gasteiger partial charge is 0.406 e. The number of hydrogen-bond acceptors (Lipinski definition) is 5. The molecule has 2 heterocycles.